The largest absolute Gasteiger partial charge is 0.310 e. The lowest BCUT2D eigenvalue weighted by molar-refractivity contribution is -0.116. The molecule has 1 aliphatic rings. The van der Waals surface area contributed by atoms with Crippen LogP contribution < -0.4 is 5.32 Å². The highest BCUT2D eigenvalue weighted by Crippen LogP contribution is 2.43. The molecule has 0 fully saturated rings. The predicted octanol–water partition coefficient (Wildman–Crippen LogP) is 5.88. The van der Waals surface area contributed by atoms with Gasteiger partial charge >= 0.3 is 0 Å². The summed E-state index contributed by atoms with van der Waals surface area (Å²) in [5, 5.41) is 9.55. The number of hydrogen-bond donors (Lipinski definition) is 1. The first-order valence-corrected chi connectivity index (χ1v) is 10.7. The summed E-state index contributed by atoms with van der Waals surface area (Å²) in [6.07, 6.45) is 0.305. The number of aromatic nitrogens is 3. The smallest absolute Gasteiger partial charge is 0.226 e. The molecule has 8 heteroatoms. The number of nitrogens with one attached hydrogen (secondary N) is 1. The lowest BCUT2D eigenvalue weighted by Gasteiger charge is -2.24. The molecule has 1 N–H and O–H groups in total. The van der Waals surface area contributed by atoms with Gasteiger partial charge < -0.3 is 5.32 Å². The number of nitrogens with zero attached hydrogens (tertiary/aromatic N) is 3. The van der Waals surface area contributed by atoms with Gasteiger partial charge in [0.15, 0.2) is 0 Å². The molecule has 0 saturated carbocycles. The molecule has 0 saturated heterocycles. The second kappa shape index (κ2) is 6.83. The molecule has 2 aromatic heterocycles. The van der Waals surface area contributed by atoms with E-state index in [2.05, 4.69) is 18.3 Å². The van der Waals surface area contributed by atoms with Crippen LogP contribution in [0.5, 0.6) is 0 Å². The number of aryl methyl sites for hydroxylation is 2. The molecule has 29 heavy (non-hydrogen) atoms. The average molecular weight is 443 g/mol. The number of hydrogen-bond acceptors (Lipinski definition) is 4. The van der Waals surface area contributed by atoms with Gasteiger partial charge in [0, 0.05) is 27.9 Å². The predicted molar refractivity (Wildman–Crippen MR) is 118 cm³/mol. The second-order valence-corrected chi connectivity index (χ2v) is 9.05. The highest BCUT2D eigenvalue weighted by atomic mass is 35.5. The number of thiazole rings is 1. The Bertz CT molecular complexity index is 1290. The molecule has 1 unspecified atom stereocenters. The van der Waals surface area contributed by atoms with Gasteiger partial charge in [-0.1, -0.05) is 46.7 Å². The van der Waals surface area contributed by atoms with Gasteiger partial charge in [0.1, 0.15) is 5.82 Å². The zero-order chi connectivity index (χ0) is 20.3. The summed E-state index contributed by atoms with van der Waals surface area (Å²) < 4.78 is 2.82. The van der Waals surface area contributed by atoms with Crippen molar-refractivity contribution in [2.45, 2.75) is 26.2 Å². The maximum Gasteiger partial charge on any atom is 0.226 e. The molecule has 1 amide bonds. The van der Waals surface area contributed by atoms with E-state index in [0.717, 1.165) is 32.2 Å². The van der Waals surface area contributed by atoms with Crippen LogP contribution >= 0.6 is 34.5 Å². The summed E-state index contributed by atoms with van der Waals surface area (Å²) in [6, 6.07) is 11.5. The molecule has 0 spiro atoms. The molecule has 0 aliphatic carbocycles. The van der Waals surface area contributed by atoms with Gasteiger partial charge in [0.2, 0.25) is 11.0 Å². The van der Waals surface area contributed by atoms with Crippen molar-refractivity contribution in [3.63, 3.8) is 0 Å². The molecule has 2 aromatic carbocycles. The second-order valence-electron chi connectivity index (χ2n) is 7.20. The Balaban J connectivity index is 1.68. The van der Waals surface area contributed by atoms with Gasteiger partial charge in [-0.25, -0.2) is 4.98 Å². The Morgan fingerprint density at radius 3 is 2.79 bits per heavy atom. The summed E-state index contributed by atoms with van der Waals surface area (Å²) in [4.78, 5) is 17.3. The lowest BCUT2D eigenvalue weighted by atomic mass is 9.86. The Morgan fingerprint density at radius 1 is 1.17 bits per heavy atom. The lowest BCUT2D eigenvalue weighted by Crippen LogP contribution is -2.25. The fourth-order valence-electron chi connectivity index (χ4n) is 3.85. The molecular formula is C21H16Cl2N4OS. The van der Waals surface area contributed by atoms with E-state index in [1.54, 1.807) is 28.2 Å². The van der Waals surface area contributed by atoms with Gasteiger partial charge in [-0.3, -0.25) is 4.79 Å². The summed E-state index contributed by atoms with van der Waals surface area (Å²) in [7, 11) is 0. The van der Waals surface area contributed by atoms with E-state index in [1.165, 1.54) is 5.56 Å². The van der Waals surface area contributed by atoms with Crippen molar-refractivity contribution in [3.05, 3.63) is 68.8 Å². The van der Waals surface area contributed by atoms with Crippen LogP contribution in [0.25, 0.3) is 15.3 Å². The molecule has 146 valence electrons. The van der Waals surface area contributed by atoms with Crippen molar-refractivity contribution in [2.75, 3.05) is 5.32 Å². The van der Waals surface area contributed by atoms with Gasteiger partial charge in [0.05, 0.1) is 15.9 Å². The number of anilines is 1. The zero-order valence-electron chi connectivity index (χ0n) is 15.7. The van der Waals surface area contributed by atoms with E-state index in [1.807, 2.05) is 25.1 Å². The van der Waals surface area contributed by atoms with E-state index in [4.69, 9.17) is 33.3 Å². The van der Waals surface area contributed by atoms with E-state index in [9.17, 15) is 4.79 Å². The third-order valence-corrected chi connectivity index (χ3v) is 6.71. The molecule has 1 atom stereocenters. The number of carbonyl (C=O) groups excluding carboxylic acids is 1. The molecule has 0 bridgehead atoms. The topological polar surface area (TPSA) is 59.8 Å². The van der Waals surface area contributed by atoms with E-state index >= 15 is 0 Å². The van der Waals surface area contributed by atoms with Crippen LogP contribution in [-0.2, 0) is 4.79 Å². The Hall–Kier alpha value is -2.41. The highest BCUT2D eigenvalue weighted by molar-refractivity contribution is 7.20. The first kappa shape index (κ1) is 18.6. The average Bonchev–Trinajstić information content (AvgIpc) is 3.21. The number of amides is 1. The van der Waals surface area contributed by atoms with Gasteiger partial charge in [-0.2, -0.15) is 9.78 Å². The SMILES string of the molecule is Cc1ccc2nc(-n3nc(C)c4c3NC(=O)CC4c3ccc(Cl)cc3Cl)sc2c1. The minimum atomic E-state index is -0.186. The van der Waals surface area contributed by atoms with Crippen LogP contribution in [0.2, 0.25) is 10.0 Å². The molecule has 5 nitrogen and oxygen atoms in total. The minimum absolute atomic E-state index is 0.0772. The van der Waals surface area contributed by atoms with Crippen molar-refractivity contribution in [2.24, 2.45) is 0 Å². The monoisotopic (exact) mass is 442 g/mol. The summed E-state index contributed by atoms with van der Waals surface area (Å²) in [5.74, 6) is 0.394. The van der Waals surface area contributed by atoms with Crippen LogP contribution in [0.1, 0.15) is 34.7 Å². The van der Waals surface area contributed by atoms with Crippen LogP contribution in [-0.4, -0.2) is 20.7 Å². The third kappa shape index (κ3) is 3.12. The number of benzene rings is 2. The Morgan fingerprint density at radius 2 is 2.00 bits per heavy atom. The van der Waals surface area contributed by atoms with Gasteiger partial charge in [0.25, 0.3) is 0 Å². The third-order valence-electron chi connectivity index (χ3n) is 5.15. The van der Waals surface area contributed by atoms with Crippen LogP contribution in [0.3, 0.4) is 0 Å². The van der Waals surface area contributed by atoms with Crippen LogP contribution in [0.15, 0.2) is 36.4 Å². The van der Waals surface area contributed by atoms with Gasteiger partial charge in [-0.05, 0) is 49.2 Å². The first-order chi connectivity index (χ1) is 13.9. The summed E-state index contributed by atoms with van der Waals surface area (Å²) >= 11 is 14.1. The first-order valence-electron chi connectivity index (χ1n) is 9.12. The van der Waals surface area contributed by atoms with E-state index < -0.39 is 0 Å². The van der Waals surface area contributed by atoms with E-state index in [0.29, 0.717) is 22.3 Å². The van der Waals surface area contributed by atoms with Crippen molar-refractivity contribution in [3.8, 4) is 5.13 Å². The maximum atomic E-state index is 12.6. The van der Waals surface area contributed by atoms with Crippen molar-refractivity contribution < 1.29 is 4.79 Å². The zero-order valence-corrected chi connectivity index (χ0v) is 18.0. The molecule has 0 radical (unpaired) electrons. The molecule has 1 aliphatic heterocycles. The molecule has 5 rings (SSSR count). The molecular weight excluding hydrogens is 427 g/mol. The number of carbonyl (C=O) groups is 1. The van der Waals surface area contributed by atoms with Crippen LogP contribution in [0.4, 0.5) is 5.82 Å². The van der Waals surface area contributed by atoms with Crippen molar-refractivity contribution in [1.82, 2.24) is 14.8 Å². The quantitative estimate of drug-likeness (QED) is 0.421. The van der Waals surface area contributed by atoms with Crippen LogP contribution in [0, 0.1) is 13.8 Å². The number of fused-ring (bicyclic) bond motifs is 2. The summed E-state index contributed by atoms with van der Waals surface area (Å²) in [5.41, 5.74) is 4.76. The fourth-order valence-corrected chi connectivity index (χ4v) is 5.41. The molecule has 3 heterocycles. The summed E-state index contributed by atoms with van der Waals surface area (Å²) in [6.45, 7) is 4.00. The highest BCUT2D eigenvalue weighted by Gasteiger charge is 2.34. The maximum absolute atomic E-state index is 12.6. The van der Waals surface area contributed by atoms with Crippen molar-refractivity contribution >= 4 is 56.5 Å². The normalized spacial score (nSPS) is 16.1. The number of rotatable bonds is 2. The molecule has 4 aromatic rings. The van der Waals surface area contributed by atoms with Gasteiger partial charge in [-0.15, -0.1) is 0 Å². The number of halogens is 2. The minimum Gasteiger partial charge on any atom is -0.310 e. The van der Waals surface area contributed by atoms with E-state index in [-0.39, 0.29) is 11.8 Å². The Kier molecular flexibility index (Phi) is 4.38. The van der Waals surface area contributed by atoms with Crippen molar-refractivity contribution in [1.29, 1.82) is 0 Å². The standard InChI is InChI=1S/C21H16Cl2N4OS/c1-10-3-6-16-17(7-10)29-21(24-16)27-20-19(11(2)26-27)14(9-18(28)25-20)13-5-4-12(22)8-15(13)23/h3-8,14H,9H2,1-2H3,(H,25,28). The fraction of sp³-hybridized carbons (Fsp3) is 0.190. The Labute approximate surface area is 181 Å².